The van der Waals surface area contributed by atoms with Crippen LogP contribution < -0.4 is 0 Å². The third kappa shape index (κ3) is 1.35. The van der Waals surface area contributed by atoms with E-state index in [0.29, 0.717) is 11.2 Å². The minimum absolute atomic E-state index is 0.353. The molecule has 14 heavy (non-hydrogen) atoms. The zero-order valence-electron chi connectivity index (χ0n) is 7.18. The first-order chi connectivity index (χ1) is 6.48. The van der Waals surface area contributed by atoms with Crippen molar-refractivity contribution in [3.8, 4) is 0 Å². The van der Waals surface area contributed by atoms with Crippen LogP contribution in [0.2, 0.25) is 0 Å². The van der Waals surface area contributed by atoms with E-state index < -0.39 is 15.1 Å². The third-order valence-electron chi connectivity index (χ3n) is 1.81. The smallest absolute Gasteiger partial charge is 0.318 e. The molecule has 0 aliphatic carbocycles. The fraction of sp³-hybridized carbons (Fsp3) is 0.143. The number of hydrogen-bond acceptors (Lipinski definition) is 4. The Bertz CT molecular complexity index is 590. The summed E-state index contributed by atoms with van der Waals surface area (Å²) in [6.07, 6.45) is 2.45. The van der Waals surface area contributed by atoms with Gasteiger partial charge in [-0.1, -0.05) is 0 Å². The van der Waals surface area contributed by atoms with Gasteiger partial charge in [-0.25, -0.2) is 9.97 Å². The predicted molar refractivity (Wildman–Crippen MR) is 46.8 cm³/mol. The highest BCUT2D eigenvalue weighted by Crippen LogP contribution is 2.16. The molecule has 0 aliphatic rings. The van der Waals surface area contributed by atoms with Crippen LogP contribution in [-0.2, 0) is 17.3 Å². The van der Waals surface area contributed by atoms with Crippen molar-refractivity contribution < 1.29 is 12.3 Å². The van der Waals surface area contributed by atoms with Gasteiger partial charge >= 0.3 is 10.2 Å². The second-order valence-corrected chi connectivity index (χ2v) is 4.15. The zero-order chi connectivity index (χ0) is 10.3. The molecule has 5 nitrogen and oxygen atoms in total. The molecule has 0 amide bonds. The van der Waals surface area contributed by atoms with Crippen LogP contribution in [0.5, 0.6) is 0 Å². The number of nitrogens with zero attached hydrogens (tertiary/aromatic N) is 3. The van der Waals surface area contributed by atoms with Gasteiger partial charge in [-0.15, -0.1) is 3.89 Å². The molecule has 2 rings (SSSR count). The molecule has 0 fully saturated rings. The van der Waals surface area contributed by atoms with Crippen LogP contribution in [0.3, 0.4) is 0 Å². The summed E-state index contributed by atoms with van der Waals surface area (Å²) in [4.78, 5) is 7.18. The van der Waals surface area contributed by atoms with E-state index in [9.17, 15) is 12.3 Å². The second-order valence-electron chi connectivity index (χ2n) is 2.81. The lowest BCUT2D eigenvalue weighted by molar-refractivity contribution is 0.552. The highest BCUT2D eigenvalue weighted by atomic mass is 32.3. The Kier molecular flexibility index (Phi) is 1.78. The number of rotatable bonds is 1. The number of pyridine rings is 1. The Morgan fingerprint density at radius 2 is 2.14 bits per heavy atom. The number of hydrogen-bond donors (Lipinski definition) is 0. The maximum absolute atomic E-state index is 12.6. The summed E-state index contributed by atoms with van der Waals surface area (Å²) >= 11 is 0. The largest absolute Gasteiger partial charge is 0.333 e. The average Bonchev–Trinajstić information content (AvgIpc) is 2.46. The van der Waals surface area contributed by atoms with Crippen molar-refractivity contribution in [1.29, 1.82) is 0 Å². The van der Waals surface area contributed by atoms with E-state index in [1.807, 2.05) is 0 Å². The van der Waals surface area contributed by atoms with Crippen molar-refractivity contribution in [2.75, 3.05) is 0 Å². The van der Waals surface area contributed by atoms with Crippen LogP contribution in [0.15, 0.2) is 23.5 Å². The number of fused-ring (bicyclic) bond motifs is 1. The standard InChI is InChI=1S/C7H6FN3O2S/c1-11-4-10-6-2-5(14(8,12)13)3-9-7(6)11/h2-4H,1H3. The SMILES string of the molecule is Cn1cnc2cc(S(=O)(=O)F)cnc21. The van der Waals surface area contributed by atoms with Crippen molar-refractivity contribution >= 4 is 21.4 Å². The molecule has 74 valence electrons. The van der Waals surface area contributed by atoms with Gasteiger partial charge in [0.05, 0.1) is 12.5 Å². The lowest BCUT2D eigenvalue weighted by Gasteiger charge is -1.95. The fourth-order valence-electron chi connectivity index (χ4n) is 1.13. The molecule has 0 aliphatic heterocycles. The van der Waals surface area contributed by atoms with E-state index >= 15 is 0 Å². The summed E-state index contributed by atoms with van der Waals surface area (Å²) in [5.74, 6) is 0. The topological polar surface area (TPSA) is 64.8 Å². The van der Waals surface area contributed by atoms with Crippen molar-refractivity contribution in [3.05, 3.63) is 18.6 Å². The fourth-order valence-corrected chi connectivity index (χ4v) is 1.56. The van der Waals surface area contributed by atoms with Crippen molar-refractivity contribution in [2.24, 2.45) is 7.05 Å². The van der Waals surface area contributed by atoms with E-state index in [1.165, 1.54) is 6.33 Å². The second kappa shape index (κ2) is 2.74. The van der Waals surface area contributed by atoms with Gasteiger partial charge in [0.25, 0.3) is 0 Å². The lowest BCUT2D eigenvalue weighted by Crippen LogP contribution is -1.94. The van der Waals surface area contributed by atoms with E-state index in [-0.39, 0.29) is 0 Å². The highest BCUT2D eigenvalue weighted by Gasteiger charge is 2.14. The van der Waals surface area contributed by atoms with Gasteiger partial charge in [-0.05, 0) is 6.07 Å². The van der Waals surface area contributed by atoms with E-state index in [0.717, 1.165) is 12.3 Å². The number of aromatic nitrogens is 3. The predicted octanol–water partition coefficient (Wildman–Crippen LogP) is 0.626. The molecule has 2 aromatic heterocycles. The van der Waals surface area contributed by atoms with Gasteiger partial charge in [0.15, 0.2) is 5.65 Å². The lowest BCUT2D eigenvalue weighted by atomic mass is 10.4. The minimum atomic E-state index is -4.70. The van der Waals surface area contributed by atoms with Gasteiger partial charge < -0.3 is 4.57 Å². The van der Waals surface area contributed by atoms with Crippen LogP contribution in [0.25, 0.3) is 11.2 Å². The molecular formula is C7H6FN3O2S. The van der Waals surface area contributed by atoms with E-state index in [4.69, 9.17) is 0 Å². The molecule has 2 heterocycles. The molecule has 0 atom stereocenters. The van der Waals surface area contributed by atoms with Gasteiger partial charge in [0.2, 0.25) is 0 Å². The van der Waals surface area contributed by atoms with Gasteiger partial charge in [0, 0.05) is 7.05 Å². The summed E-state index contributed by atoms with van der Waals surface area (Å²) in [5.41, 5.74) is 0.864. The Hall–Kier alpha value is -1.50. The van der Waals surface area contributed by atoms with Crippen LogP contribution in [0.1, 0.15) is 0 Å². The highest BCUT2D eigenvalue weighted by molar-refractivity contribution is 7.86. The zero-order valence-corrected chi connectivity index (χ0v) is 7.99. The maximum Gasteiger partial charge on any atom is 0.333 e. The molecule has 0 radical (unpaired) electrons. The molecule has 0 unspecified atom stereocenters. The summed E-state index contributed by atoms with van der Waals surface area (Å²) in [5, 5.41) is 0. The number of imidazole rings is 1. The summed E-state index contributed by atoms with van der Waals surface area (Å²) < 4.78 is 35.3. The summed E-state index contributed by atoms with van der Waals surface area (Å²) in [7, 11) is -2.98. The first-order valence-electron chi connectivity index (χ1n) is 3.70. The Morgan fingerprint density at radius 3 is 2.79 bits per heavy atom. The van der Waals surface area contributed by atoms with Crippen LogP contribution >= 0.6 is 0 Å². The Morgan fingerprint density at radius 1 is 1.43 bits per heavy atom. The Balaban J connectivity index is 2.76. The van der Waals surface area contributed by atoms with Gasteiger partial charge in [0.1, 0.15) is 10.4 Å². The number of aryl methyl sites for hydroxylation is 1. The first kappa shape index (κ1) is 9.07. The molecule has 7 heteroatoms. The summed E-state index contributed by atoms with van der Waals surface area (Å²) in [6.45, 7) is 0. The molecule has 0 saturated heterocycles. The number of halogens is 1. The molecular weight excluding hydrogens is 209 g/mol. The van der Waals surface area contributed by atoms with Crippen LogP contribution in [0, 0.1) is 0 Å². The summed E-state index contributed by atoms with van der Waals surface area (Å²) in [6, 6.07) is 1.15. The monoisotopic (exact) mass is 215 g/mol. The third-order valence-corrected chi connectivity index (χ3v) is 2.59. The molecule has 0 spiro atoms. The first-order valence-corrected chi connectivity index (χ1v) is 5.08. The maximum atomic E-state index is 12.6. The molecule has 0 saturated carbocycles. The van der Waals surface area contributed by atoms with Crippen molar-refractivity contribution in [1.82, 2.24) is 14.5 Å². The van der Waals surface area contributed by atoms with Gasteiger partial charge in [-0.3, -0.25) is 0 Å². The quantitative estimate of drug-likeness (QED) is 0.654. The molecule has 0 bridgehead atoms. The molecule has 0 N–H and O–H groups in total. The average molecular weight is 215 g/mol. The molecule has 0 aromatic carbocycles. The molecule has 2 aromatic rings. The minimum Gasteiger partial charge on any atom is -0.318 e. The van der Waals surface area contributed by atoms with Crippen LogP contribution in [0.4, 0.5) is 3.89 Å². The normalized spacial score (nSPS) is 12.1. The van der Waals surface area contributed by atoms with Gasteiger partial charge in [-0.2, -0.15) is 8.42 Å². The van der Waals surface area contributed by atoms with Crippen molar-refractivity contribution in [2.45, 2.75) is 4.90 Å². The van der Waals surface area contributed by atoms with E-state index in [1.54, 1.807) is 11.6 Å². The Labute approximate surface area is 79.4 Å². The van der Waals surface area contributed by atoms with Crippen LogP contribution in [-0.4, -0.2) is 23.0 Å². The van der Waals surface area contributed by atoms with E-state index in [2.05, 4.69) is 9.97 Å². The van der Waals surface area contributed by atoms with Crippen molar-refractivity contribution in [3.63, 3.8) is 0 Å².